The van der Waals surface area contributed by atoms with Crippen LogP contribution in [0.3, 0.4) is 0 Å². The summed E-state index contributed by atoms with van der Waals surface area (Å²) in [6, 6.07) is 7.10. The third-order valence-electron chi connectivity index (χ3n) is 5.39. The predicted molar refractivity (Wildman–Crippen MR) is 91.8 cm³/mol. The summed E-state index contributed by atoms with van der Waals surface area (Å²) < 4.78 is 7.21. The van der Waals surface area contributed by atoms with E-state index in [1.807, 2.05) is 0 Å². The summed E-state index contributed by atoms with van der Waals surface area (Å²) in [4.78, 5) is 0. The molecule has 2 unspecified atom stereocenters. The number of halogens is 1. The standard InChI is InChI=1S/C18H26BrNO/c1-3-21-17-12-16(18(17)9-5-4-6-10-18)20-15-11-13(2)7-8-14(15)19/h7-8,11,16-17,20H,3-6,9-10,12H2,1-2H3. The number of ether oxygens (including phenoxy) is 1. The van der Waals surface area contributed by atoms with Gasteiger partial charge in [0.2, 0.25) is 0 Å². The van der Waals surface area contributed by atoms with E-state index in [-0.39, 0.29) is 0 Å². The van der Waals surface area contributed by atoms with E-state index in [2.05, 4.69) is 53.3 Å². The van der Waals surface area contributed by atoms with E-state index in [0.717, 1.165) is 13.0 Å². The van der Waals surface area contributed by atoms with Crippen molar-refractivity contribution in [2.45, 2.75) is 64.5 Å². The van der Waals surface area contributed by atoms with Gasteiger partial charge in [-0.1, -0.05) is 25.3 Å². The van der Waals surface area contributed by atoms with Crippen molar-refractivity contribution in [1.82, 2.24) is 0 Å². The summed E-state index contributed by atoms with van der Waals surface area (Å²) in [7, 11) is 0. The van der Waals surface area contributed by atoms with Crippen molar-refractivity contribution in [2.24, 2.45) is 5.41 Å². The van der Waals surface area contributed by atoms with Crippen LogP contribution < -0.4 is 5.32 Å². The number of anilines is 1. The summed E-state index contributed by atoms with van der Waals surface area (Å²) in [5.74, 6) is 0. The Hall–Kier alpha value is -0.540. The summed E-state index contributed by atoms with van der Waals surface area (Å²) in [6.07, 6.45) is 8.35. The van der Waals surface area contributed by atoms with Gasteiger partial charge in [0.25, 0.3) is 0 Å². The zero-order valence-electron chi connectivity index (χ0n) is 13.1. The summed E-state index contributed by atoms with van der Waals surface area (Å²) in [5, 5.41) is 3.81. The first kappa shape index (κ1) is 15.4. The molecule has 3 heteroatoms. The van der Waals surface area contributed by atoms with Gasteiger partial charge in [0.05, 0.1) is 6.10 Å². The van der Waals surface area contributed by atoms with Crippen LogP contribution >= 0.6 is 15.9 Å². The van der Waals surface area contributed by atoms with Gasteiger partial charge in [-0.2, -0.15) is 0 Å². The lowest BCUT2D eigenvalue weighted by atomic mass is 9.55. The molecule has 0 heterocycles. The Balaban J connectivity index is 1.77. The summed E-state index contributed by atoms with van der Waals surface area (Å²) in [6.45, 7) is 5.11. The molecule has 2 saturated carbocycles. The molecule has 0 aromatic heterocycles. The van der Waals surface area contributed by atoms with Gasteiger partial charge in [0, 0.05) is 28.2 Å². The van der Waals surface area contributed by atoms with Crippen LogP contribution in [0.5, 0.6) is 0 Å². The molecule has 2 nitrogen and oxygen atoms in total. The fourth-order valence-corrected chi connectivity index (χ4v) is 4.56. The van der Waals surface area contributed by atoms with E-state index in [0.29, 0.717) is 17.6 Å². The largest absolute Gasteiger partial charge is 0.381 e. The number of aryl methyl sites for hydroxylation is 1. The Bertz CT molecular complexity index is 496. The average Bonchev–Trinajstić information content (AvgIpc) is 2.50. The lowest BCUT2D eigenvalue weighted by Gasteiger charge is -2.58. The SMILES string of the molecule is CCOC1CC(Nc2cc(C)ccc2Br)C12CCCCC2. The van der Waals surface area contributed by atoms with Gasteiger partial charge in [0.15, 0.2) is 0 Å². The Morgan fingerprint density at radius 2 is 2.05 bits per heavy atom. The number of nitrogens with one attached hydrogen (secondary N) is 1. The molecule has 0 aliphatic heterocycles. The minimum atomic E-state index is 0.372. The maximum atomic E-state index is 6.04. The van der Waals surface area contributed by atoms with Gasteiger partial charge in [-0.15, -0.1) is 0 Å². The normalized spacial score (nSPS) is 27.4. The molecule has 21 heavy (non-hydrogen) atoms. The lowest BCUT2D eigenvalue weighted by Crippen LogP contribution is -2.62. The van der Waals surface area contributed by atoms with Crippen molar-refractivity contribution in [3.8, 4) is 0 Å². The van der Waals surface area contributed by atoms with Crippen molar-refractivity contribution >= 4 is 21.6 Å². The fourth-order valence-electron chi connectivity index (χ4n) is 4.20. The molecule has 0 radical (unpaired) electrons. The van der Waals surface area contributed by atoms with Crippen LogP contribution in [-0.4, -0.2) is 18.8 Å². The van der Waals surface area contributed by atoms with E-state index < -0.39 is 0 Å². The van der Waals surface area contributed by atoms with Crippen molar-refractivity contribution in [2.75, 3.05) is 11.9 Å². The first-order chi connectivity index (χ1) is 10.2. The van der Waals surface area contributed by atoms with Gasteiger partial charge in [0.1, 0.15) is 0 Å². The second kappa shape index (κ2) is 6.29. The number of hydrogen-bond donors (Lipinski definition) is 1. The van der Waals surface area contributed by atoms with E-state index in [1.165, 1.54) is 47.8 Å². The van der Waals surface area contributed by atoms with Crippen LogP contribution in [-0.2, 0) is 4.74 Å². The monoisotopic (exact) mass is 351 g/mol. The van der Waals surface area contributed by atoms with Crippen LogP contribution in [0.25, 0.3) is 0 Å². The molecule has 2 aliphatic carbocycles. The smallest absolute Gasteiger partial charge is 0.0670 e. The Morgan fingerprint density at radius 3 is 2.76 bits per heavy atom. The first-order valence-electron chi connectivity index (χ1n) is 8.30. The van der Waals surface area contributed by atoms with Crippen LogP contribution in [0, 0.1) is 12.3 Å². The Morgan fingerprint density at radius 1 is 1.29 bits per heavy atom. The number of rotatable bonds is 4. The molecule has 0 amide bonds. The second-order valence-electron chi connectivity index (χ2n) is 6.65. The summed E-state index contributed by atoms with van der Waals surface area (Å²) >= 11 is 3.68. The van der Waals surface area contributed by atoms with Crippen molar-refractivity contribution < 1.29 is 4.74 Å². The fraction of sp³-hybridized carbons (Fsp3) is 0.667. The molecular weight excluding hydrogens is 326 g/mol. The highest BCUT2D eigenvalue weighted by Gasteiger charge is 2.55. The molecule has 3 rings (SSSR count). The Kier molecular flexibility index (Phi) is 4.60. The molecule has 1 spiro atoms. The predicted octanol–water partition coefficient (Wildman–Crippen LogP) is 5.30. The van der Waals surface area contributed by atoms with Gasteiger partial charge >= 0.3 is 0 Å². The van der Waals surface area contributed by atoms with Gasteiger partial charge in [-0.25, -0.2) is 0 Å². The first-order valence-corrected chi connectivity index (χ1v) is 9.09. The third-order valence-corrected chi connectivity index (χ3v) is 6.08. The van der Waals surface area contributed by atoms with Crippen molar-refractivity contribution in [3.05, 3.63) is 28.2 Å². The van der Waals surface area contributed by atoms with Gasteiger partial charge in [-0.3, -0.25) is 0 Å². The van der Waals surface area contributed by atoms with E-state index in [1.54, 1.807) is 0 Å². The minimum absolute atomic E-state index is 0.372. The Labute approximate surface area is 136 Å². The third kappa shape index (κ3) is 2.87. The maximum Gasteiger partial charge on any atom is 0.0670 e. The highest BCUT2D eigenvalue weighted by Crippen LogP contribution is 2.54. The van der Waals surface area contributed by atoms with Gasteiger partial charge in [-0.05, 0) is 66.7 Å². The molecular formula is C18H26BrNO. The number of benzene rings is 1. The number of hydrogen-bond acceptors (Lipinski definition) is 2. The molecule has 2 fully saturated rings. The van der Waals surface area contributed by atoms with E-state index >= 15 is 0 Å². The van der Waals surface area contributed by atoms with E-state index in [4.69, 9.17) is 4.74 Å². The molecule has 0 saturated heterocycles. The molecule has 2 aliphatic rings. The highest BCUT2D eigenvalue weighted by molar-refractivity contribution is 9.10. The quantitative estimate of drug-likeness (QED) is 0.794. The molecule has 116 valence electrons. The highest BCUT2D eigenvalue weighted by atomic mass is 79.9. The molecule has 2 atom stereocenters. The maximum absolute atomic E-state index is 6.04. The zero-order valence-corrected chi connectivity index (χ0v) is 14.7. The average molecular weight is 352 g/mol. The van der Waals surface area contributed by atoms with Gasteiger partial charge < -0.3 is 10.1 Å². The molecule has 0 bridgehead atoms. The van der Waals surface area contributed by atoms with E-state index in [9.17, 15) is 0 Å². The molecule has 1 aromatic carbocycles. The molecule has 1 N–H and O–H groups in total. The van der Waals surface area contributed by atoms with Crippen LogP contribution in [0.2, 0.25) is 0 Å². The second-order valence-corrected chi connectivity index (χ2v) is 7.51. The lowest BCUT2D eigenvalue weighted by molar-refractivity contribution is -0.134. The van der Waals surface area contributed by atoms with Crippen LogP contribution in [0.4, 0.5) is 5.69 Å². The van der Waals surface area contributed by atoms with Crippen molar-refractivity contribution in [3.63, 3.8) is 0 Å². The topological polar surface area (TPSA) is 21.3 Å². The minimum Gasteiger partial charge on any atom is -0.381 e. The summed E-state index contributed by atoms with van der Waals surface area (Å²) in [5.41, 5.74) is 2.91. The van der Waals surface area contributed by atoms with Crippen LogP contribution in [0.15, 0.2) is 22.7 Å². The molecule has 1 aromatic rings. The zero-order chi connectivity index (χ0) is 14.9. The van der Waals surface area contributed by atoms with Crippen molar-refractivity contribution in [1.29, 1.82) is 0 Å². The van der Waals surface area contributed by atoms with Crippen LogP contribution in [0.1, 0.15) is 51.0 Å².